The average Bonchev–Trinajstić information content (AvgIpc) is 3.37. The molecule has 0 atom stereocenters. The number of sulfonamides is 1. The predicted molar refractivity (Wildman–Crippen MR) is 119 cm³/mol. The van der Waals surface area contributed by atoms with E-state index in [-0.39, 0.29) is 23.6 Å². The molecule has 0 unspecified atom stereocenters. The van der Waals surface area contributed by atoms with Gasteiger partial charge in [-0.2, -0.15) is 14.6 Å². The number of carbonyl (C=O) groups excluding carboxylic acids is 2. The summed E-state index contributed by atoms with van der Waals surface area (Å²) in [5, 5.41) is 15.3. The monoisotopic (exact) mass is 467 g/mol. The molecule has 170 valence electrons. The summed E-state index contributed by atoms with van der Waals surface area (Å²) in [5.74, 6) is 0.175. The minimum Gasteiger partial charge on any atom is -0.351 e. The minimum absolute atomic E-state index is 0.000993. The number of hydrogen-bond donors (Lipinski definition) is 3. The Bertz CT molecular complexity index is 1450. The first-order valence-electron chi connectivity index (χ1n) is 10.4. The zero-order valence-electron chi connectivity index (χ0n) is 17.7. The first-order chi connectivity index (χ1) is 15.7. The lowest BCUT2D eigenvalue weighted by Crippen LogP contribution is -2.19. The average molecular weight is 468 g/mol. The molecule has 2 aliphatic rings. The molecule has 2 amide bonds. The molecule has 0 bridgehead atoms. The fourth-order valence-electron chi connectivity index (χ4n) is 3.68. The summed E-state index contributed by atoms with van der Waals surface area (Å²) in [7, 11) is -3.86. The number of benzene rings is 1. The van der Waals surface area contributed by atoms with Crippen LogP contribution in [0.1, 0.15) is 41.8 Å². The van der Waals surface area contributed by atoms with Crippen molar-refractivity contribution in [2.45, 2.75) is 43.5 Å². The molecule has 1 aliphatic heterocycles. The molecule has 0 spiro atoms. The van der Waals surface area contributed by atoms with E-state index in [1.807, 2.05) is 0 Å². The molecule has 4 N–H and O–H groups in total. The van der Waals surface area contributed by atoms with Gasteiger partial charge in [0.05, 0.1) is 17.5 Å². The number of carbonyl (C=O) groups is 2. The first kappa shape index (κ1) is 21.2. The highest BCUT2D eigenvalue weighted by molar-refractivity contribution is 7.89. The highest BCUT2D eigenvalue weighted by Crippen LogP contribution is 2.26. The van der Waals surface area contributed by atoms with Crippen LogP contribution in [0.2, 0.25) is 0 Å². The van der Waals surface area contributed by atoms with Crippen molar-refractivity contribution in [3.63, 3.8) is 0 Å². The lowest BCUT2D eigenvalue weighted by Gasteiger charge is -2.10. The zero-order chi connectivity index (χ0) is 23.3. The summed E-state index contributed by atoms with van der Waals surface area (Å²) < 4.78 is 25.4. The van der Waals surface area contributed by atoms with Crippen LogP contribution in [0.25, 0.3) is 11.7 Å². The van der Waals surface area contributed by atoms with Crippen molar-refractivity contribution in [3.05, 3.63) is 52.5 Å². The fourth-order valence-corrected chi connectivity index (χ4v) is 4.51. The molecule has 2 aromatic heterocycles. The summed E-state index contributed by atoms with van der Waals surface area (Å²) in [4.78, 5) is 32.8. The highest BCUT2D eigenvalue weighted by atomic mass is 32.2. The number of aromatic nitrogens is 4. The largest absolute Gasteiger partial charge is 0.351 e. The normalized spacial score (nSPS) is 17.7. The maximum Gasteiger partial charge on any atom is 0.254 e. The molecular weight excluding hydrogens is 446 g/mol. The molecule has 1 saturated heterocycles. The Morgan fingerprint density at radius 3 is 2.73 bits per heavy atom. The molecule has 33 heavy (non-hydrogen) atoms. The van der Waals surface area contributed by atoms with Gasteiger partial charge in [0.1, 0.15) is 5.82 Å². The van der Waals surface area contributed by atoms with Gasteiger partial charge in [-0.05, 0) is 43.0 Å². The lowest BCUT2D eigenvalue weighted by atomic mass is 10.1. The fraction of sp³-hybridized carbons (Fsp3) is 0.286. The van der Waals surface area contributed by atoms with Crippen LogP contribution in [0, 0.1) is 6.92 Å². The van der Waals surface area contributed by atoms with Crippen LogP contribution in [0.5, 0.6) is 0 Å². The Balaban J connectivity index is 1.57. The van der Waals surface area contributed by atoms with Crippen molar-refractivity contribution in [2.24, 2.45) is 5.14 Å². The van der Waals surface area contributed by atoms with E-state index in [1.165, 1.54) is 6.07 Å². The topological polar surface area (TPSA) is 161 Å². The molecule has 1 aromatic carbocycles. The Morgan fingerprint density at radius 1 is 1.27 bits per heavy atom. The van der Waals surface area contributed by atoms with Crippen LogP contribution < -0.4 is 15.8 Å². The van der Waals surface area contributed by atoms with E-state index in [9.17, 15) is 18.0 Å². The smallest absolute Gasteiger partial charge is 0.254 e. The standard InChI is InChI=1S/C21H21N7O4S/c1-11-2-3-12(6-16(11)33(22,31)32)7-17-25-19-14(8-13-9-18(29)27-20(13)30)10-23-28(19)21(26-17)24-15-4-5-15/h2-3,6,8,10,15H,4-5,7,9H2,1H3,(H2,22,31,32)(H,24,25,26)(H,27,29,30)/b13-8+. The number of amides is 2. The predicted octanol–water partition coefficient (Wildman–Crippen LogP) is 0.675. The van der Waals surface area contributed by atoms with Gasteiger partial charge in [0.15, 0.2) is 5.65 Å². The molecular formula is C21H21N7O4S. The summed E-state index contributed by atoms with van der Waals surface area (Å²) in [6, 6.07) is 5.33. The third-order valence-electron chi connectivity index (χ3n) is 5.50. The van der Waals surface area contributed by atoms with Crippen LogP contribution >= 0.6 is 0 Å². The van der Waals surface area contributed by atoms with E-state index < -0.39 is 15.9 Å². The zero-order valence-corrected chi connectivity index (χ0v) is 18.5. The Labute approximate surface area is 189 Å². The van der Waals surface area contributed by atoms with Crippen LogP contribution in [0.15, 0.2) is 34.9 Å². The van der Waals surface area contributed by atoms with Gasteiger partial charge >= 0.3 is 0 Å². The number of nitrogens with zero attached hydrogens (tertiary/aromatic N) is 4. The number of nitrogens with two attached hydrogens (primary N) is 1. The van der Waals surface area contributed by atoms with Crippen molar-refractivity contribution in [3.8, 4) is 0 Å². The molecule has 3 aromatic rings. The maximum absolute atomic E-state index is 12.0. The van der Waals surface area contributed by atoms with E-state index in [1.54, 1.807) is 35.8 Å². The Morgan fingerprint density at radius 2 is 2.06 bits per heavy atom. The Hall–Kier alpha value is -3.64. The van der Waals surface area contributed by atoms with Crippen LogP contribution in [0.4, 0.5) is 5.95 Å². The van der Waals surface area contributed by atoms with Crippen LogP contribution in [-0.4, -0.2) is 45.9 Å². The van der Waals surface area contributed by atoms with Crippen molar-refractivity contribution in [1.82, 2.24) is 24.9 Å². The van der Waals surface area contributed by atoms with Gasteiger partial charge in [0.25, 0.3) is 5.91 Å². The van der Waals surface area contributed by atoms with Gasteiger partial charge < -0.3 is 5.32 Å². The molecule has 11 nitrogen and oxygen atoms in total. The van der Waals surface area contributed by atoms with Gasteiger partial charge in [0, 0.05) is 23.6 Å². The second-order valence-corrected chi connectivity index (χ2v) is 9.79. The van der Waals surface area contributed by atoms with Gasteiger partial charge in [-0.25, -0.2) is 18.5 Å². The third kappa shape index (κ3) is 4.34. The molecule has 3 heterocycles. The summed E-state index contributed by atoms with van der Waals surface area (Å²) in [6.07, 6.45) is 5.49. The minimum atomic E-state index is -3.86. The number of imide groups is 1. The number of anilines is 1. The number of fused-ring (bicyclic) bond motifs is 1. The van der Waals surface area contributed by atoms with E-state index in [0.29, 0.717) is 45.7 Å². The number of hydrogen-bond acceptors (Lipinski definition) is 8. The second kappa shape index (κ2) is 7.74. The van der Waals surface area contributed by atoms with E-state index in [2.05, 4.69) is 25.7 Å². The molecule has 12 heteroatoms. The SMILES string of the molecule is Cc1ccc(Cc2nc(NC3CC3)n3ncc(/C=C4\CC(=O)NC4=O)c3n2)cc1S(N)(=O)=O. The van der Waals surface area contributed by atoms with Crippen molar-refractivity contribution in [1.29, 1.82) is 0 Å². The van der Waals surface area contributed by atoms with Gasteiger partial charge in [-0.15, -0.1) is 0 Å². The number of aryl methyl sites for hydroxylation is 1. The van der Waals surface area contributed by atoms with E-state index >= 15 is 0 Å². The van der Waals surface area contributed by atoms with E-state index in [0.717, 1.165) is 12.8 Å². The molecule has 1 aliphatic carbocycles. The molecule has 0 radical (unpaired) electrons. The van der Waals surface area contributed by atoms with Crippen molar-refractivity contribution < 1.29 is 18.0 Å². The maximum atomic E-state index is 12.0. The van der Waals surface area contributed by atoms with Gasteiger partial charge in [-0.3, -0.25) is 14.9 Å². The van der Waals surface area contributed by atoms with Crippen molar-refractivity contribution >= 4 is 39.5 Å². The number of nitrogens with one attached hydrogen (secondary N) is 2. The summed E-state index contributed by atoms with van der Waals surface area (Å²) >= 11 is 0. The third-order valence-corrected chi connectivity index (χ3v) is 6.55. The lowest BCUT2D eigenvalue weighted by molar-refractivity contribution is -0.124. The second-order valence-electron chi connectivity index (χ2n) is 8.26. The van der Waals surface area contributed by atoms with E-state index in [4.69, 9.17) is 5.14 Å². The quantitative estimate of drug-likeness (QED) is 0.352. The first-order valence-corrected chi connectivity index (χ1v) is 11.9. The van der Waals surface area contributed by atoms with Gasteiger partial charge in [-0.1, -0.05) is 12.1 Å². The van der Waals surface area contributed by atoms with Crippen LogP contribution in [0.3, 0.4) is 0 Å². The highest BCUT2D eigenvalue weighted by Gasteiger charge is 2.26. The van der Waals surface area contributed by atoms with Crippen molar-refractivity contribution in [2.75, 3.05) is 5.32 Å². The summed E-state index contributed by atoms with van der Waals surface area (Å²) in [5.41, 5.74) is 2.63. The number of primary sulfonamides is 1. The summed E-state index contributed by atoms with van der Waals surface area (Å²) in [6.45, 7) is 1.68. The Kier molecular flexibility index (Phi) is 4.98. The van der Waals surface area contributed by atoms with Crippen LogP contribution in [-0.2, 0) is 26.0 Å². The molecule has 5 rings (SSSR count). The van der Waals surface area contributed by atoms with Gasteiger partial charge in [0.2, 0.25) is 21.9 Å². The molecule has 2 fully saturated rings. The molecule has 1 saturated carbocycles. The number of rotatable bonds is 6.